The van der Waals surface area contributed by atoms with Gasteiger partial charge in [-0.15, -0.1) is 0 Å². The molecule has 0 fully saturated rings. The fourth-order valence-corrected chi connectivity index (χ4v) is 3.93. The number of hydrogen-bond acceptors (Lipinski definition) is 6. The smallest absolute Gasteiger partial charge is 0.248 e. The highest BCUT2D eigenvalue weighted by Crippen LogP contribution is 2.37. The third kappa shape index (κ3) is 5.43. The maximum Gasteiger partial charge on any atom is 0.248 e. The first-order valence-electron chi connectivity index (χ1n) is 10.8. The molecule has 0 saturated carbocycles. The van der Waals surface area contributed by atoms with Gasteiger partial charge in [0.1, 0.15) is 5.82 Å². The van der Waals surface area contributed by atoms with Crippen molar-refractivity contribution in [2.75, 3.05) is 37.2 Å². The van der Waals surface area contributed by atoms with Crippen molar-refractivity contribution in [2.24, 2.45) is 0 Å². The number of carbonyl (C=O) groups excluding carboxylic acids is 1. The van der Waals surface area contributed by atoms with Crippen LogP contribution < -0.4 is 25.4 Å². The number of carbonyl (C=O) groups is 1. The Bertz CT molecular complexity index is 1230. The third-order valence-electron chi connectivity index (χ3n) is 5.44. The molecule has 1 aromatic heterocycles. The number of amides is 1. The lowest BCUT2D eigenvalue weighted by Crippen LogP contribution is -2.13. The average Bonchev–Trinajstić information content (AvgIpc) is 2.83. The first kappa shape index (κ1) is 24.9. The second-order valence-corrected chi connectivity index (χ2v) is 8.09. The van der Waals surface area contributed by atoms with Crippen LogP contribution in [0, 0.1) is 6.92 Å². The molecule has 178 valence electrons. The summed E-state index contributed by atoms with van der Waals surface area (Å²) in [6, 6.07) is 11.0. The number of rotatable bonds is 8. The van der Waals surface area contributed by atoms with Crippen molar-refractivity contribution in [1.29, 1.82) is 0 Å². The molecule has 0 atom stereocenters. The van der Waals surface area contributed by atoms with E-state index in [0.29, 0.717) is 33.7 Å². The number of pyridine rings is 1. The molecule has 34 heavy (non-hydrogen) atoms. The highest BCUT2D eigenvalue weighted by molar-refractivity contribution is 6.32. The summed E-state index contributed by atoms with van der Waals surface area (Å²) in [5, 5.41) is 3.36. The van der Waals surface area contributed by atoms with Crippen LogP contribution in [0.5, 0.6) is 11.5 Å². The minimum atomic E-state index is -0.327. The number of nitrogens with zero attached hydrogens (tertiary/aromatic N) is 2. The molecule has 0 radical (unpaired) electrons. The van der Waals surface area contributed by atoms with Gasteiger partial charge in [-0.05, 0) is 60.9 Å². The van der Waals surface area contributed by atoms with Gasteiger partial charge in [0.15, 0.2) is 11.5 Å². The number of nitrogens with two attached hydrogens (primary N) is 1. The second-order valence-electron chi connectivity index (χ2n) is 7.68. The molecule has 0 bridgehead atoms. The Balaban J connectivity index is 1.85. The van der Waals surface area contributed by atoms with Crippen molar-refractivity contribution in [3.63, 3.8) is 0 Å². The van der Waals surface area contributed by atoms with E-state index in [1.807, 2.05) is 50.1 Å². The molecule has 8 heteroatoms. The molecule has 0 aliphatic rings. The standard InChI is InChI=1S/C26H29ClN4O3/c1-6-17-13-21(28)22(15-20(17)27)30-24(32)10-9-18-8-7-11-29-26(18)31(3)19-12-16(2)25(34-5)23(14-19)33-4/h7-15H,6,28H2,1-5H3,(H,30,32)/b10-9+. The molecule has 0 saturated heterocycles. The van der Waals surface area contributed by atoms with Gasteiger partial charge in [-0.25, -0.2) is 4.98 Å². The lowest BCUT2D eigenvalue weighted by atomic mass is 10.1. The van der Waals surface area contributed by atoms with Gasteiger partial charge in [-0.2, -0.15) is 0 Å². The maximum atomic E-state index is 12.6. The number of ether oxygens (including phenoxy) is 2. The van der Waals surface area contributed by atoms with E-state index in [-0.39, 0.29) is 5.91 Å². The quantitative estimate of drug-likeness (QED) is 0.321. The zero-order chi connectivity index (χ0) is 24.8. The number of halogens is 1. The van der Waals surface area contributed by atoms with E-state index in [4.69, 9.17) is 26.8 Å². The van der Waals surface area contributed by atoms with Crippen molar-refractivity contribution in [3.05, 3.63) is 70.4 Å². The summed E-state index contributed by atoms with van der Waals surface area (Å²) >= 11 is 6.27. The fourth-order valence-electron chi connectivity index (χ4n) is 3.63. The first-order valence-corrected chi connectivity index (χ1v) is 11.1. The Morgan fingerprint density at radius 2 is 2.00 bits per heavy atom. The van der Waals surface area contributed by atoms with Crippen LogP contribution in [0.1, 0.15) is 23.6 Å². The Morgan fingerprint density at radius 1 is 1.24 bits per heavy atom. The van der Waals surface area contributed by atoms with E-state index >= 15 is 0 Å². The minimum Gasteiger partial charge on any atom is -0.493 e. The summed E-state index contributed by atoms with van der Waals surface area (Å²) in [5.41, 5.74) is 10.5. The average molecular weight is 481 g/mol. The van der Waals surface area contributed by atoms with Gasteiger partial charge >= 0.3 is 0 Å². The molecule has 0 aliphatic carbocycles. The van der Waals surface area contributed by atoms with Gasteiger partial charge in [-0.3, -0.25) is 4.79 Å². The third-order valence-corrected chi connectivity index (χ3v) is 5.79. The molecule has 2 aromatic carbocycles. The van der Waals surface area contributed by atoms with Gasteiger partial charge < -0.3 is 25.4 Å². The molecule has 7 nitrogen and oxygen atoms in total. The van der Waals surface area contributed by atoms with Gasteiger partial charge in [-0.1, -0.05) is 18.5 Å². The molecule has 1 amide bonds. The number of aromatic nitrogens is 1. The number of anilines is 4. The summed E-state index contributed by atoms with van der Waals surface area (Å²) in [5.74, 6) is 1.66. The highest BCUT2D eigenvalue weighted by Gasteiger charge is 2.15. The van der Waals surface area contributed by atoms with E-state index in [1.165, 1.54) is 6.08 Å². The highest BCUT2D eigenvalue weighted by atomic mass is 35.5. The largest absolute Gasteiger partial charge is 0.493 e. The molecule has 3 aromatic rings. The van der Waals surface area contributed by atoms with Crippen molar-refractivity contribution in [2.45, 2.75) is 20.3 Å². The number of aryl methyl sites for hydroxylation is 2. The summed E-state index contributed by atoms with van der Waals surface area (Å²) in [4.78, 5) is 19.0. The number of nitrogen functional groups attached to an aromatic ring is 1. The molecule has 3 rings (SSSR count). The number of methoxy groups -OCH3 is 2. The van der Waals surface area contributed by atoms with Crippen LogP contribution >= 0.6 is 11.6 Å². The van der Waals surface area contributed by atoms with Crippen LogP contribution in [0.2, 0.25) is 5.02 Å². The minimum absolute atomic E-state index is 0.327. The molecule has 3 N–H and O–H groups in total. The molecular formula is C26H29ClN4O3. The topological polar surface area (TPSA) is 89.7 Å². The normalized spacial score (nSPS) is 10.9. The summed E-state index contributed by atoms with van der Waals surface area (Å²) in [6.45, 7) is 3.95. The Labute approximate surface area is 205 Å². The number of hydrogen-bond donors (Lipinski definition) is 2. The molecule has 0 unspecified atom stereocenters. The lowest BCUT2D eigenvalue weighted by molar-refractivity contribution is -0.111. The Kier molecular flexibility index (Phi) is 8.02. The van der Waals surface area contributed by atoms with Crippen molar-refractivity contribution < 1.29 is 14.3 Å². The number of benzene rings is 2. The van der Waals surface area contributed by atoms with Crippen molar-refractivity contribution >= 4 is 46.5 Å². The lowest BCUT2D eigenvalue weighted by Gasteiger charge is -2.22. The molecular weight excluding hydrogens is 452 g/mol. The SMILES string of the molecule is CCc1cc(N)c(NC(=O)/C=C/c2cccnc2N(C)c2cc(C)c(OC)c(OC)c2)cc1Cl. The summed E-state index contributed by atoms with van der Waals surface area (Å²) in [7, 11) is 5.11. The van der Waals surface area contributed by atoms with Crippen LogP contribution in [0.4, 0.5) is 22.9 Å². The van der Waals surface area contributed by atoms with Crippen LogP contribution in [0.25, 0.3) is 6.08 Å². The molecule has 1 heterocycles. The van der Waals surface area contributed by atoms with Crippen LogP contribution in [0.15, 0.2) is 48.7 Å². The van der Waals surface area contributed by atoms with Crippen LogP contribution in [0.3, 0.4) is 0 Å². The second kappa shape index (κ2) is 10.9. The van der Waals surface area contributed by atoms with Crippen molar-refractivity contribution in [3.8, 4) is 11.5 Å². The van der Waals surface area contributed by atoms with Crippen molar-refractivity contribution in [1.82, 2.24) is 4.98 Å². The first-order chi connectivity index (χ1) is 16.3. The maximum absolute atomic E-state index is 12.6. The fraction of sp³-hybridized carbons (Fsp3) is 0.231. The zero-order valence-electron chi connectivity index (χ0n) is 20.0. The Morgan fingerprint density at radius 3 is 2.68 bits per heavy atom. The van der Waals surface area contributed by atoms with Gasteiger partial charge in [0.2, 0.25) is 5.91 Å². The van der Waals surface area contributed by atoms with E-state index < -0.39 is 0 Å². The summed E-state index contributed by atoms with van der Waals surface area (Å²) < 4.78 is 10.9. The van der Waals surface area contributed by atoms with E-state index in [2.05, 4.69) is 10.3 Å². The van der Waals surface area contributed by atoms with Crippen LogP contribution in [-0.4, -0.2) is 32.2 Å². The van der Waals surface area contributed by atoms with Gasteiger partial charge in [0.05, 0.1) is 25.6 Å². The van der Waals surface area contributed by atoms with Crippen LogP contribution in [-0.2, 0) is 11.2 Å². The predicted octanol–water partition coefficient (Wildman–Crippen LogP) is 5.63. The van der Waals surface area contributed by atoms with Gasteiger partial charge in [0, 0.05) is 41.7 Å². The zero-order valence-corrected chi connectivity index (χ0v) is 20.7. The monoisotopic (exact) mass is 480 g/mol. The predicted molar refractivity (Wildman–Crippen MR) is 139 cm³/mol. The van der Waals surface area contributed by atoms with E-state index in [0.717, 1.165) is 28.8 Å². The molecule has 0 spiro atoms. The Hall–Kier alpha value is -3.71. The van der Waals surface area contributed by atoms with Gasteiger partial charge in [0.25, 0.3) is 0 Å². The number of nitrogens with one attached hydrogen (secondary N) is 1. The van der Waals surface area contributed by atoms with E-state index in [1.54, 1.807) is 38.6 Å². The van der Waals surface area contributed by atoms with E-state index in [9.17, 15) is 4.79 Å². The molecule has 0 aliphatic heterocycles. The summed E-state index contributed by atoms with van der Waals surface area (Å²) in [6.07, 6.45) is 5.61.